The van der Waals surface area contributed by atoms with Crippen LogP contribution in [-0.2, 0) is 16.6 Å². The lowest BCUT2D eigenvalue weighted by atomic mass is 9.68. The van der Waals surface area contributed by atoms with Crippen molar-refractivity contribution in [2.75, 3.05) is 0 Å². The predicted molar refractivity (Wildman–Crippen MR) is 63.2 cm³/mol. The van der Waals surface area contributed by atoms with Crippen molar-refractivity contribution in [3.8, 4) is 0 Å². The van der Waals surface area contributed by atoms with Gasteiger partial charge >= 0.3 is 0 Å². The van der Waals surface area contributed by atoms with Crippen molar-refractivity contribution in [3.63, 3.8) is 0 Å². The molecule has 1 amide bonds. The number of halogens is 1. The molecule has 2 nitrogen and oxygen atoms in total. The zero-order valence-corrected chi connectivity index (χ0v) is 10.1. The van der Waals surface area contributed by atoms with Gasteiger partial charge in [-0.3, -0.25) is 4.79 Å². The first-order chi connectivity index (χ1) is 7.95. The number of aryl methyl sites for hydroxylation is 1. The number of rotatable bonds is 0. The van der Waals surface area contributed by atoms with Crippen LogP contribution in [0.25, 0.3) is 0 Å². The maximum Gasteiger partial charge on any atom is 0.221 e. The van der Waals surface area contributed by atoms with Crippen molar-refractivity contribution in [2.24, 2.45) is 0 Å². The average Bonchev–Trinajstić information content (AvgIpc) is 2.67. The Labute approximate surface area is 100 Å². The van der Waals surface area contributed by atoms with Gasteiger partial charge < -0.3 is 5.32 Å². The lowest BCUT2D eigenvalue weighted by molar-refractivity contribution is -0.119. The van der Waals surface area contributed by atoms with Crippen molar-refractivity contribution in [1.82, 2.24) is 5.32 Å². The molecular formula is C14H16FNO. The summed E-state index contributed by atoms with van der Waals surface area (Å²) in [5.74, 6) is -0.0805. The highest BCUT2D eigenvalue weighted by Gasteiger charge is 2.56. The number of hydrogen-bond donors (Lipinski definition) is 1. The van der Waals surface area contributed by atoms with E-state index in [9.17, 15) is 9.18 Å². The van der Waals surface area contributed by atoms with E-state index in [1.165, 1.54) is 6.07 Å². The molecule has 1 N–H and O–H groups in total. The van der Waals surface area contributed by atoms with E-state index in [4.69, 9.17) is 0 Å². The Morgan fingerprint density at radius 2 is 2.12 bits per heavy atom. The molecular weight excluding hydrogens is 217 g/mol. The summed E-state index contributed by atoms with van der Waals surface area (Å²) in [6.07, 6.45) is 2.32. The van der Waals surface area contributed by atoms with Gasteiger partial charge in [0.25, 0.3) is 0 Å². The number of nitrogens with one attached hydrogen (secondary N) is 1. The molecule has 90 valence electrons. The van der Waals surface area contributed by atoms with Gasteiger partial charge in [0.1, 0.15) is 5.82 Å². The van der Waals surface area contributed by atoms with Crippen LogP contribution in [0, 0.1) is 5.82 Å². The SMILES string of the molecule is CC1(C)NC(=O)CC12CCc1cc(F)ccc12. The molecule has 1 saturated heterocycles. The standard InChI is InChI=1S/C14H16FNO/c1-13(2)14(8-12(17)16-13)6-5-9-7-10(15)3-4-11(9)14/h3-4,7H,5-6,8H2,1-2H3,(H,16,17). The van der Waals surface area contributed by atoms with E-state index in [1.807, 2.05) is 6.07 Å². The highest BCUT2D eigenvalue weighted by Crippen LogP contribution is 2.51. The van der Waals surface area contributed by atoms with Gasteiger partial charge in [-0.25, -0.2) is 4.39 Å². The van der Waals surface area contributed by atoms with Crippen molar-refractivity contribution >= 4 is 5.91 Å². The molecule has 1 atom stereocenters. The molecule has 1 unspecified atom stereocenters. The molecule has 1 spiro atoms. The summed E-state index contributed by atoms with van der Waals surface area (Å²) >= 11 is 0. The molecule has 3 heteroatoms. The normalized spacial score (nSPS) is 29.5. The third kappa shape index (κ3) is 1.28. The summed E-state index contributed by atoms with van der Waals surface area (Å²) in [6.45, 7) is 4.13. The highest BCUT2D eigenvalue weighted by atomic mass is 19.1. The number of carbonyl (C=O) groups excluding carboxylic acids is 1. The lowest BCUT2D eigenvalue weighted by Gasteiger charge is -2.38. The van der Waals surface area contributed by atoms with Crippen molar-refractivity contribution < 1.29 is 9.18 Å². The van der Waals surface area contributed by atoms with Gasteiger partial charge in [0.05, 0.1) is 0 Å². The van der Waals surface area contributed by atoms with Crippen LogP contribution in [0.4, 0.5) is 4.39 Å². The molecule has 0 radical (unpaired) electrons. The summed E-state index contributed by atoms with van der Waals surface area (Å²) in [5.41, 5.74) is 1.83. The van der Waals surface area contributed by atoms with Gasteiger partial charge in [0, 0.05) is 17.4 Å². The zero-order valence-electron chi connectivity index (χ0n) is 10.1. The lowest BCUT2D eigenvalue weighted by Crippen LogP contribution is -2.48. The molecule has 2 aliphatic rings. The van der Waals surface area contributed by atoms with Gasteiger partial charge in [0.2, 0.25) is 5.91 Å². The smallest absolute Gasteiger partial charge is 0.221 e. The van der Waals surface area contributed by atoms with E-state index < -0.39 is 0 Å². The van der Waals surface area contributed by atoms with Gasteiger partial charge in [-0.15, -0.1) is 0 Å². The molecule has 17 heavy (non-hydrogen) atoms. The minimum Gasteiger partial charge on any atom is -0.350 e. The molecule has 1 aromatic rings. The number of fused-ring (bicyclic) bond motifs is 2. The monoisotopic (exact) mass is 233 g/mol. The van der Waals surface area contributed by atoms with E-state index in [-0.39, 0.29) is 22.7 Å². The van der Waals surface area contributed by atoms with Crippen LogP contribution in [-0.4, -0.2) is 11.4 Å². The first kappa shape index (κ1) is 10.8. The molecule has 0 saturated carbocycles. The Morgan fingerprint density at radius 1 is 1.35 bits per heavy atom. The van der Waals surface area contributed by atoms with Crippen LogP contribution in [0.5, 0.6) is 0 Å². The third-order valence-corrected chi connectivity index (χ3v) is 4.51. The average molecular weight is 233 g/mol. The fourth-order valence-corrected chi connectivity index (χ4v) is 3.56. The van der Waals surface area contributed by atoms with Crippen LogP contribution < -0.4 is 5.32 Å². The summed E-state index contributed by atoms with van der Waals surface area (Å²) in [4.78, 5) is 11.7. The van der Waals surface area contributed by atoms with Crippen LogP contribution in [0.15, 0.2) is 18.2 Å². The van der Waals surface area contributed by atoms with E-state index in [0.717, 1.165) is 24.0 Å². The second-order valence-corrected chi connectivity index (χ2v) is 5.73. The first-order valence-corrected chi connectivity index (χ1v) is 6.05. The zero-order chi connectivity index (χ0) is 12.3. The van der Waals surface area contributed by atoms with E-state index in [0.29, 0.717) is 6.42 Å². The second-order valence-electron chi connectivity index (χ2n) is 5.73. The molecule has 3 rings (SSSR count). The van der Waals surface area contributed by atoms with Crippen molar-refractivity contribution in [3.05, 3.63) is 35.1 Å². The van der Waals surface area contributed by atoms with Crippen LogP contribution in [0.2, 0.25) is 0 Å². The molecule has 1 aliphatic heterocycles. The summed E-state index contributed by atoms with van der Waals surface area (Å²) in [6, 6.07) is 4.98. The summed E-state index contributed by atoms with van der Waals surface area (Å²) < 4.78 is 13.2. The Balaban J connectivity index is 2.17. The predicted octanol–water partition coefficient (Wildman–Crippen LogP) is 2.31. The van der Waals surface area contributed by atoms with Gasteiger partial charge in [0.15, 0.2) is 0 Å². The number of benzene rings is 1. The second kappa shape index (κ2) is 3.09. The maximum absolute atomic E-state index is 13.2. The summed E-state index contributed by atoms with van der Waals surface area (Å²) in [5, 5.41) is 3.05. The molecule has 0 bridgehead atoms. The topological polar surface area (TPSA) is 29.1 Å². The fraction of sp³-hybridized carbons (Fsp3) is 0.500. The quantitative estimate of drug-likeness (QED) is 0.732. The fourth-order valence-electron chi connectivity index (χ4n) is 3.56. The van der Waals surface area contributed by atoms with Gasteiger partial charge in [-0.05, 0) is 49.9 Å². The van der Waals surface area contributed by atoms with Crippen molar-refractivity contribution in [1.29, 1.82) is 0 Å². The molecule has 1 aromatic carbocycles. The number of hydrogen-bond acceptors (Lipinski definition) is 1. The molecule has 0 aromatic heterocycles. The number of carbonyl (C=O) groups is 1. The van der Waals surface area contributed by atoms with Crippen LogP contribution in [0.1, 0.15) is 37.8 Å². The van der Waals surface area contributed by atoms with Crippen molar-refractivity contribution in [2.45, 2.75) is 44.1 Å². The minimum atomic E-state index is -0.243. The maximum atomic E-state index is 13.2. The van der Waals surface area contributed by atoms with Gasteiger partial charge in [-0.1, -0.05) is 6.07 Å². The largest absolute Gasteiger partial charge is 0.350 e. The Morgan fingerprint density at radius 3 is 2.76 bits per heavy atom. The first-order valence-electron chi connectivity index (χ1n) is 6.05. The van der Waals surface area contributed by atoms with Gasteiger partial charge in [-0.2, -0.15) is 0 Å². The van der Waals surface area contributed by atoms with E-state index >= 15 is 0 Å². The summed E-state index contributed by atoms with van der Waals surface area (Å²) in [7, 11) is 0. The molecule has 1 fully saturated rings. The Bertz CT molecular complexity index is 509. The van der Waals surface area contributed by atoms with Crippen LogP contribution in [0.3, 0.4) is 0 Å². The Kier molecular flexibility index (Phi) is 1.96. The van der Waals surface area contributed by atoms with E-state index in [2.05, 4.69) is 19.2 Å². The Hall–Kier alpha value is -1.38. The third-order valence-electron chi connectivity index (χ3n) is 4.51. The number of amides is 1. The minimum absolute atomic E-state index is 0.104. The molecule has 1 heterocycles. The molecule has 1 aliphatic carbocycles. The van der Waals surface area contributed by atoms with Crippen LogP contribution >= 0.6 is 0 Å². The van der Waals surface area contributed by atoms with E-state index in [1.54, 1.807) is 6.07 Å². The highest BCUT2D eigenvalue weighted by molar-refractivity contribution is 5.83.